The van der Waals surface area contributed by atoms with Crippen LogP contribution in [0.15, 0.2) is 65.1 Å². The van der Waals surface area contributed by atoms with Crippen LogP contribution in [-0.2, 0) is 11.2 Å². The number of hydrogen-bond donors (Lipinski definition) is 0. The summed E-state index contributed by atoms with van der Waals surface area (Å²) in [5.74, 6) is 0.987. The highest BCUT2D eigenvalue weighted by molar-refractivity contribution is 9.10. The fourth-order valence-electron chi connectivity index (χ4n) is 3.48. The van der Waals surface area contributed by atoms with E-state index in [-0.39, 0.29) is 5.78 Å². The van der Waals surface area contributed by atoms with Gasteiger partial charge >= 0.3 is 0 Å². The summed E-state index contributed by atoms with van der Waals surface area (Å²) in [6.07, 6.45) is 7.88. The molecule has 0 saturated carbocycles. The number of benzene rings is 2. The van der Waals surface area contributed by atoms with Gasteiger partial charge < -0.3 is 4.90 Å². The van der Waals surface area contributed by atoms with Gasteiger partial charge in [-0.15, -0.1) is 0 Å². The van der Waals surface area contributed by atoms with E-state index in [1.165, 1.54) is 24.8 Å². The Balaban J connectivity index is 1.36. The van der Waals surface area contributed by atoms with Crippen molar-refractivity contribution in [2.45, 2.75) is 25.7 Å². The first-order chi connectivity index (χ1) is 12.7. The van der Waals surface area contributed by atoms with Crippen LogP contribution in [0.1, 0.15) is 30.4 Å². The second-order valence-electron chi connectivity index (χ2n) is 7.08. The maximum atomic E-state index is 12.1. The third-order valence-corrected chi connectivity index (χ3v) is 5.61. The standard InChI is InChI=1S/C23H26BrNO/c24-22-9-6-19(7-10-22)8-11-23(26)14-17-25-15-12-21(13-16-25)18-20-4-2-1-3-5-20/h1-11,21H,12-18H2. The Kier molecular flexibility index (Phi) is 7.22. The quantitative estimate of drug-likeness (QED) is 0.570. The Hall–Kier alpha value is -1.71. The van der Waals surface area contributed by atoms with Gasteiger partial charge in [0.15, 0.2) is 5.78 Å². The maximum Gasteiger partial charge on any atom is 0.156 e. The molecule has 0 spiro atoms. The lowest BCUT2D eigenvalue weighted by Gasteiger charge is -2.31. The van der Waals surface area contributed by atoms with E-state index >= 15 is 0 Å². The zero-order valence-corrected chi connectivity index (χ0v) is 16.7. The molecule has 0 radical (unpaired) electrons. The lowest BCUT2D eigenvalue weighted by molar-refractivity contribution is -0.114. The Morgan fingerprint density at radius 3 is 2.42 bits per heavy atom. The SMILES string of the molecule is O=C(C=Cc1ccc(Br)cc1)CCN1CCC(Cc2ccccc2)CC1. The van der Waals surface area contributed by atoms with E-state index in [1.54, 1.807) is 6.08 Å². The molecule has 2 aromatic carbocycles. The number of carbonyl (C=O) groups excluding carboxylic acids is 1. The van der Waals surface area contributed by atoms with Gasteiger partial charge in [-0.05, 0) is 67.6 Å². The molecule has 0 amide bonds. The molecule has 1 saturated heterocycles. The van der Waals surface area contributed by atoms with E-state index in [0.29, 0.717) is 6.42 Å². The number of rotatable bonds is 7. The van der Waals surface area contributed by atoms with Crippen molar-refractivity contribution in [1.82, 2.24) is 4.90 Å². The Bertz CT molecular complexity index is 716. The molecule has 0 N–H and O–H groups in total. The summed E-state index contributed by atoms with van der Waals surface area (Å²) in [5, 5.41) is 0. The summed E-state index contributed by atoms with van der Waals surface area (Å²) < 4.78 is 1.05. The number of hydrogen-bond acceptors (Lipinski definition) is 2. The van der Waals surface area contributed by atoms with Gasteiger partial charge in [0.1, 0.15) is 0 Å². The molecule has 1 aliphatic rings. The van der Waals surface area contributed by atoms with Crippen LogP contribution in [0.3, 0.4) is 0 Å². The summed E-state index contributed by atoms with van der Waals surface area (Å²) in [4.78, 5) is 14.5. The van der Waals surface area contributed by atoms with Crippen molar-refractivity contribution in [3.63, 3.8) is 0 Å². The molecular formula is C23H26BrNO. The highest BCUT2D eigenvalue weighted by Crippen LogP contribution is 2.21. The van der Waals surface area contributed by atoms with Crippen LogP contribution in [-0.4, -0.2) is 30.3 Å². The summed E-state index contributed by atoms with van der Waals surface area (Å²) in [5.41, 5.74) is 2.50. The van der Waals surface area contributed by atoms with Crippen LogP contribution in [0.5, 0.6) is 0 Å². The summed E-state index contributed by atoms with van der Waals surface area (Å²) in [6.45, 7) is 3.10. The molecule has 1 heterocycles. The Morgan fingerprint density at radius 2 is 1.73 bits per heavy atom. The number of piperidine rings is 1. The topological polar surface area (TPSA) is 20.3 Å². The molecule has 0 unspecified atom stereocenters. The fraction of sp³-hybridized carbons (Fsp3) is 0.348. The van der Waals surface area contributed by atoms with E-state index in [2.05, 4.69) is 51.2 Å². The van der Waals surface area contributed by atoms with Crippen molar-refractivity contribution in [2.24, 2.45) is 5.92 Å². The highest BCUT2D eigenvalue weighted by atomic mass is 79.9. The van der Waals surface area contributed by atoms with E-state index in [1.807, 2.05) is 30.3 Å². The van der Waals surface area contributed by atoms with Crippen molar-refractivity contribution in [1.29, 1.82) is 0 Å². The number of ketones is 1. The maximum absolute atomic E-state index is 12.1. The van der Waals surface area contributed by atoms with E-state index in [0.717, 1.165) is 35.6 Å². The lowest BCUT2D eigenvalue weighted by Crippen LogP contribution is -2.35. The molecule has 1 aliphatic heterocycles. The fourth-order valence-corrected chi connectivity index (χ4v) is 3.74. The summed E-state index contributed by atoms with van der Waals surface area (Å²) >= 11 is 3.42. The monoisotopic (exact) mass is 411 g/mol. The van der Waals surface area contributed by atoms with Crippen LogP contribution in [0.25, 0.3) is 6.08 Å². The number of likely N-dealkylation sites (tertiary alicyclic amines) is 1. The molecule has 3 rings (SSSR count). The normalized spacial score (nSPS) is 16.2. The van der Waals surface area contributed by atoms with Crippen LogP contribution < -0.4 is 0 Å². The predicted octanol–water partition coefficient (Wildman–Crippen LogP) is 5.38. The Labute approximate surface area is 165 Å². The second kappa shape index (κ2) is 9.84. The molecule has 26 heavy (non-hydrogen) atoms. The molecule has 0 aliphatic carbocycles. The third kappa shape index (κ3) is 6.22. The molecule has 2 aromatic rings. The molecule has 2 nitrogen and oxygen atoms in total. The van der Waals surface area contributed by atoms with Gasteiger partial charge in [0, 0.05) is 17.4 Å². The van der Waals surface area contributed by atoms with Gasteiger partial charge in [-0.1, -0.05) is 64.5 Å². The van der Waals surface area contributed by atoms with Crippen LogP contribution in [0.2, 0.25) is 0 Å². The predicted molar refractivity (Wildman–Crippen MR) is 112 cm³/mol. The molecule has 136 valence electrons. The van der Waals surface area contributed by atoms with Gasteiger partial charge in [0.2, 0.25) is 0 Å². The third-order valence-electron chi connectivity index (χ3n) is 5.08. The Morgan fingerprint density at radius 1 is 1.04 bits per heavy atom. The molecule has 0 atom stereocenters. The zero-order chi connectivity index (χ0) is 18.2. The minimum Gasteiger partial charge on any atom is -0.303 e. The van der Waals surface area contributed by atoms with Crippen molar-refractivity contribution >= 4 is 27.8 Å². The molecular weight excluding hydrogens is 386 g/mol. The van der Waals surface area contributed by atoms with Gasteiger partial charge in [-0.3, -0.25) is 4.79 Å². The summed E-state index contributed by atoms with van der Waals surface area (Å²) in [7, 11) is 0. The van der Waals surface area contributed by atoms with Crippen molar-refractivity contribution in [3.8, 4) is 0 Å². The smallest absolute Gasteiger partial charge is 0.156 e. The number of allylic oxidation sites excluding steroid dienone is 1. The van der Waals surface area contributed by atoms with Crippen LogP contribution in [0.4, 0.5) is 0 Å². The van der Waals surface area contributed by atoms with Gasteiger partial charge in [-0.2, -0.15) is 0 Å². The van der Waals surface area contributed by atoms with Gasteiger partial charge in [-0.25, -0.2) is 0 Å². The molecule has 1 fully saturated rings. The van der Waals surface area contributed by atoms with E-state index < -0.39 is 0 Å². The highest BCUT2D eigenvalue weighted by Gasteiger charge is 2.19. The zero-order valence-electron chi connectivity index (χ0n) is 15.1. The first kappa shape index (κ1) is 19.1. The minimum absolute atomic E-state index is 0.208. The number of nitrogens with zero attached hydrogens (tertiary/aromatic N) is 1. The van der Waals surface area contributed by atoms with E-state index in [4.69, 9.17) is 0 Å². The minimum atomic E-state index is 0.208. The van der Waals surface area contributed by atoms with Gasteiger partial charge in [0.25, 0.3) is 0 Å². The van der Waals surface area contributed by atoms with Crippen LogP contribution in [0, 0.1) is 5.92 Å². The first-order valence-electron chi connectivity index (χ1n) is 9.42. The average molecular weight is 412 g/mol. The average Bonchev–Trinajstić information content (AvgIpc) is 2.68. The largest absolute Gasteiger partial charge is 0.303 e. The second-order valence-corrected chi connectivity index (χ2v) is 7.99. The van der Waals surface area contributed by atoms with Crippen LogP contribution >= 0.6 is 15.9 Å². The lowest BCUT2D eigenvalue weighted by atomic mass is 9.90. The first-order valence-corrected chi connectivity index (χ1v) is 10.2. The van der Waals surface area contributed by atoms with Crippen molar-refractivity contribution in [2.75, 3.05) is 19.6 Å². The molecule has 0 aromatic heterocycles. The molecule has 0 bridgehead atoms. The number of carbonyl (C=O) groups is 1. The van der Waals surface area contributed by atoms with Crippen molar-refractivity contribution < 1.29 is 4.79 Å². The van der Waals surface area contributed by atoms with Crippen molar-refractivity contribution in [3.05, 3.63) is 76.3 Å². The molecule has 3 heteroatoms. The van der Waals surface area contributed by atoms with Gasteiger partial charge in [0.05, 0.1) is 0 Å². The number of halogens is 1. The van der Waals surface area contributed by atoms with E-state index in [9.17, 15) is 4.79 Å². The summed E-state index contributed by atoms with van der Waals surface area (Å²) in [6, 6.07) is 18.8.